The van der Waals surface area contributed by atoms with E-state index in [4.69, 9.17) is 0 Å². The molecule has 2 rings (SSSR count). The zero-order valence-electron chi connectivity index (χ0n) is 12.3. The van der Waals surface area contributed by atoms with Crippen molar-refractivity contribution in [3.8, 4) is 0 Å². The molecule has 23 heavy (non-hydrogen) atoms. The second-order valence-electron chi connectivity index (χ2n) is 4.96. The molecular formula is C13H15BrN2O4S3. The summed E-state index contributed by atoms with van der Waals surface area (Å²) in [5.74, 6) is 0. The smallest absolute Gasteiger partial charge is 0.271 e. The molecule has 0 aliphatic carbocycles. The van der Waals surface area contributed by atoms with Crippen LogP contribution in [0.15, 0.2) is 49.3 Å². The first kappa shape index (κ1) is 18.4. The second-order valence-corrected chi connectivity index (χ2v) is 11.1. The van der Waals surface area contributed by atoms with Gasteiger partial charge >= 0.3 is 0 Å². The Morgan fingerprint density at radius 2 is 1.57 bits per heavy atom. The molecule has 1 heterocycles. The number of sulfonamides is 2. The molecule has 6 nitrogen and oxygen atoms in total. The summed E-state index contributed by atoms with van der Waals surface area (Å²) < 4.78 is 54.2. The minimum atomic E-state index is -3.69. The third kappa shape index (κ3) is 4.77. The summed E-state index contributed by atoms with van der Waals surface area (Å²) in [5, 5.41) is 0. The summed E-state index contributed by atoms with van der Waals surface area (Å²) >= 11 is 4.30. The lowest BCUT2D eigenvalue weighted by atomic mass is 10.3. The first-order valence-corrected chi connectivity index (χ1v) is 11.1. The van der Waals surface area contributed by atoms with Gasteiger partial charge in [-0.2, -0.15) is 0 Å². The van der Waals surface area contributed by atoms with Crippen LogP contribution >= 0.6 is 27.3 Å². The van der Waals surface area contributed by atoms with Crippen LogP contribution < -0.4 is 9.44 Å². The van der Waals surface area contributed by atoms with Crippen molar-refractivity contribution in [2.75, 3.05) is 4.72 Å². The van der Waals surface area contributed by atoms with Gasteiger partial charge in [-0.1, -0.05) is 0 Å². The molecule has 0 radical (unpaired) electrons. The molecule has 126 valence electrons. The fourth-order valence-corrected chi connectivity index (χ4v) is 6.05. The Hall–Kier alpha value is -0.940. The predicted octanol–water partition coefficient (Wildman–Crippen LogP) is 3.00. The van der Waals surface area contributed by atoms with E-state index in [0.29, 0.717) is 3.79 Å². The molecule has 0 bridgehead atoms. The first-order valence-electron chi connectivity index (χ1n) is 6.51. The normalized spacial score (nSPS) is 12.5. The van der Waals surface area contributed by atoms with Crippen LogP contribution in [0.4, 0.5) is 5.69 Å². The van der Waals surface area contributed by atoms with Crippen molar-refractivity contribution in [3.63, 3.8) is 0 Å². The lowest BCUT2D eigenvalue weighted by Gasteiger charge is -2.10. The van der Waals surface area contributed by atoms with Gasteiger partial charge in [0.2, 0.25) is 10.0 Å². The van der Waals surface area contributed by atoms with Gasteiger partial charge in [0.25, 0.3) is 10.0 Å². The molecule has 2 N–H and O–H groups in total. The van der Waals surface area contributed by atoms with Gasteiger partial charge in [0.15, 0.2) is 0 Å². The van der Waals surface area contributed by atoms with Gasteiger partial charge in [-0.05, 0) is 66.2 Å². The molecule has 0 atom stereocenters. The SMILES string of the molecule is CC(C)NS(=O)(=O)c1ccc(NS(=O)(=O)c2ccc(Br)s2)cc1. The molecule has 10 heteroatoms. The van der Waals surface area contributed by atoms with Crippen molar-refractivity contribution in [2.24, 2.45) is 0 Å². The predicted molar refractivity (Wildman–Crippen MR) is 94.7 cm³/mol. The third-order valence-electron chi connectivity index (χ3n) is 2.62. The number of hydrogen-bond donors (Lipinski definition) is 2. The van der Waals surface area contributed by atoms with Crippen LogP contribution in [0.3, 0.4) is 0 Å². The lowest BCUT2D eigenvalue weighted by molar-refractivity contribution is 0.570. The Morgan fingerprint density at radius 3 is 2.04 bits per heavy atom. The molecular weight excluding hydrogens is 424 g/mol. The van der Waals surface area contributed by atoms with Crippen molar-refractivity contribution in [2.45, 2.75) is 29.0 Å². The maximum atomic E-state index is 12.2. The van der Waals surface area contributed by atoms with E-state index in [2.05, 4.69) is 25.4 Å². The minimum Gasteiger partial charge on any atom is -0.279 e. The number of rotatable bonds is 6. The van der Waals surface area contributed by atoms with E-state index in [1.165, 1.54) is 30.3 Å². The lowest BCUT2D eigenvalue weighted by Crippen LogP contribution is -2.30. The van der Waals surface area contributed by atoms with E-state index in [1.807, 2.05) is 0 Å². The summed E-state index contributed by atoms with van der Waals surface area (Å²) in [6, 6.07) is 8.44. The highest BCUT2D eigenvalue weighted by atomic mass is 79.9. The number of hydrogen-bond acceptors (Lipinski definition) is 5. The number of thiophene rings is 1. The van der Waals surface area contributed by atoms with E-state index in [-0.39, 0.29) is 20.8 Å². The highest BCUT2D eigenvalue weighted by Crippen LogP contribution is 2.27. The molecule has 0 saturated carbocycles. The van der Waals surface area contributed by atoms with Gasteiger partial charge in [-0.3, -0.25) is 4.72 Å². The largest absolute Gasteiger partial charge is 0.279 e. The Morgan fingerprint density at radius 1 is 0.957 bits per heavy atom. The average Bonchev–Trinajstić information content (AvgIpc) is 2.85. The van der Waals surface area contributed by atoms with Crippen molar-refractivity contribution in [1.82, 2.24) is 4.72 Å². The van der Waals surface area contributed by atoms with Gasteiger partial charge in [0.1, 0.15) is 4.21 Å². The van der Waals surface area contributed by atoms with E-state index in [9.17, 15) is 16.8 Å². The van der Waals surface area contributed by atoms with E-state index >= 15 is 0 Å². The van der Waals surface area contributed by atoms with E-state index in [1.54, 1.807) is 19.9 Å². The molecule has 0 saturated heterocycles. The molecule has 0 aliphatic rings. The van der Waals surface area contributed by atoms with Crippen LogP contribution in [0.25, 0.3) is 0 Å². The number of anilines is 1. The summed E-state index contributed by atoms with van der Waals surface area (Å²) in [6.07, 6.45) is 0. The van der Waals surface area contributed by atoms with Gasteiger partial charge < -0.3 is 0 Å². The average molecular weight is 439 g/mol. The molecule has 0 amide bonds. The van der Waals surface area contributed by atoms with Crippen molar-refractivity contribution < 1.29 is 16.8 Å². The fraction of sp³-hybridized carbons (Fsp3) is 0.231. The number of halogens is 1. The van der Waals surface area contributed by atoms with Gasteiger partial charge in [0, 0.05) is 11.7 Å². The van der Waals surface area contributed by atoms with Gasteiger partial charge in [-0.15, -0.1) is 11.3 Å². The molecule has 0 spiro atoms. The first-order chi connectivity index (χ1) is 10.6. The summed E-state index contributed by atoms with van der Waals surface area (Å²) in [7, 11) is -7.29. The summed E-state index contributed by atoms with van der Waals surface area (Å²) in [4.78, 5) is 0.0769. The van der Waals surface area contributed by atoms with Crippen molar-refractivity contribution in [1.29, 1.82) is 0 Å². The molecule has 2 aromatic rings. The van der Waals surface area contributed by atoms with Crippen LogP contribution in [-0.4, -0.2) is 22.9 Å². The molecule has 1 aromatic carbocycles. The topological polar surface area (TPSA) is 92.3 Å². The third-order valence-corrected chi connectivity index (χ3v) is 7.79. The van der Waals surface area contributed by atoms with Crippen LogP contribution in [0.5, 0.6) is 0 Å². The summed E-state index contributed by atoms with van der Waals surface area (Å²) in [5.41, 5.74) is 0.290. The van der Waals surface area contributed by atoms with Crippen LogP contribution in [0.2, 0.25) is 0 Å². The maximum absolute atomic E-state index is 12.2. The van der Waals surface area contributed by atoms with Gasteiger partial charge in [-0.25, -0.2) is 21.6 Å². The minimum absolute atomic E-state index is 0.0769. The van der Waals surface area contributed by atoms with E-state index < -0.39 is 20.0 Å². The maximum Gasteiger partial charge on any atom is 0.271 e. The Balaban J connectivity index is 2.21. The monoisotopic (exact) mass is 438 g/mol. The van der Waals surface area contributed by atoms with Gasteiger partial charge in [0.05, 0.1) is 8.68 Å². The molecule has 0 aliphatic heterocycles. The van der Waals surface area contributed by atoms with E-state index in [0.717, 1.165) is 11.3 Å². The zero-order valence-corrected chi connectivity index (χ0v) is 16.3. The fourth-order valence-electron chi connectivity index (χ4n) is 1.73. The van der Waals surface area contributed by atoms with Crippen molar-refractivity contribution in [3.05, 3.63) is 40.2 Å². The standard InChI is InChI=1S/C13H15BrN2O4S3/c1-9(2)15-22(17,18)11-5-3-10(4-6-11)16-23(19,20)13-8-7-12(14)21-13/h3-9,15-16H,1-2H3. The number of nitrogens with one attached hydrogen (secondary N) is 2. The van der Waals surface area contributed by atoms with Crippen molar-refractivity contribution >= 4 is 53.0 Å². The van der Waals surface area contributed by atoms with Crippen LogP contribution in [-0.2, 0) is 20.0 Å². The molecule has 0 unspecified atom stereocenters. The van der Waals surface area contributed by atoms with Crippen LogP contribution in [0, 0.1) is 0 Å². The second kappa shape index (κ2) is 6.89. The zero-order chi connectivity index (χ0) is 17.3. The molecule has 1 aromatic heterocycles. The quantitative estimate of drug-likeness (QED) is 0.724. The molecule has 0 fully saturated rings. The number of benzene rings is 1. The Bertz CT molecular complexity index is 888. The van der Waals surface area contributed by atoms with Crippen LogP contribution in [0.1, 0.15) is 13.8 Å². The summed E-state index contributed by atoms with van der Waals surface area (Å²) in [6.45, 7) is 3.44. The highest BCUT2D eigenvalue weighted by molar-refractivity contribution is 9.11. The Kier molecular flexibility index (Phi) is 5.52. The highest BCUT2D eigenvalue weighted by Gasteiger charge is 2.18. The Labute approximate surface area is 148 Å².